The van der Waals surface area contributed by atoms with Gasteiger partial charge in [-0.1, -0.05) is 31.1 Å². The first-order valence-corrected chi connectivity index (χ1v) is 8.13. The van der Waals surface area contributed by atoms with Crippen molar-refractivity contribution in [3.63, 3.8) is 0 Å². The van der Waals surface area contributed by atoms with Gasteiger partial charge < -0.3 is 14.7 Å². The van der Waals surface area contributed by atoms with Crippen LogP contribution in [-0.4, -0.2) is 41.4 Å². The Morgan fingerprint density at radius 2 is 2.30 bits per heavy atom. The number of hydrogen-bond donors (Lipinski definition) is 1. The van der Waals surface area contributed by atoms with Gasteiger partial charge in [0.05, 0.1) is 24.4 Å². The molecule has 0 bridgehead atoms. The molecule has 0 aromatic carbocycles. The van der Waals surface area contributed by atoms with E-state index in [0.29, 0.717) is 35.7 Å². The molecule has 1 saturated carbocycles. The van der Waals surface area contributed by atoms with E-state index in [4.69, 9.17) is 4.74 Å². The van der Waals surface area contributed by atoms with Crippen LogP contribution >= 0.6 is 11.3 Å². The standard InChI is InChI=1S/C14H20N2O3S/c1-2-9-12(13(17)18)20-14(15-9)16-7-8-19-11-6-4-3-5-10(11)16/h10-11H,2-8H2,1H3,(H,17,18). The molecule has 2 fully saturated rings. The molecule has 1 aliphatic carbocycles. The maximum Gasteiger partial charge on any atom is 0.347 e. The normalized spacial score (nSPS) is 26.4. The van der Waals surface area contributed by atoms with Crippen LogP contribution in [0.25, 0.3) is 0 Å². The lowest BCUT2D eigenvalue weighted by molar-refractivity contribution is -0.00869. The number of rotatable bonds is 3. The summed E-state index contributed by atoms with van der Waals surface area (Å²) < 4.78 is 5.86. The second-order valence-corrected chi connectivity index (χ2v) is 6.36. The number of thiazole rings is 1. The molecule has 2 aliphatic rings. The number of aryl methyl sites for hydroxylation is 1. The molecule has 2 heterocycles. The van der Waals surface area contributed by atoms with E-state index in [2.05, 4.69) is 9.88 Å². The number of carbonyl (C=O) groups is 1. The molecule has 0 spiro atoms. The van der Waals surface area contributed by atoms with E-state index in [-0.39, 0.29) is 0 Å². The molecular formula is C14H20N2O3S. The number of hydrogen-bond acceptors (Lipinski definition) is 5. The summed E-state index contributed by atoms with van der Waals surface area (Å²) in [5.41, 5.74) is 0.705. The van der Waals surface area contributed by atoms with Crippen molar-refractivity contribution in [1.29, 1.82) is 0 Å². The molecule has 1 aromatic rings. The molecule has 2 unspecified atom stereocenters. The lowest BCUT2D eigenvalue weighted by atomic mass is 9.90. The van der Waals surface area contributed by atoms with Crippen molar-refractivity contribution in [2.75, 3.05) is 18.1 Å². The van der Waals surface area contributed by atoms with Crippen LogP contribution in [0, 0.1) is 0 Å². The summed E-state index contributed by atoms with van der Waals surface area (Å²) in [4.78, 5) is 18.5. The van der Waals surface area contributed by atoms with Gasteiger partial charge in [0.2, 0.25) is 0 Å². The zero-order valence-electron chi connectivity index (χ0n) is 11.7. The van der Waals surface area contributed by atoms with Gasteiger partial charge in [-0.05, 0) is 19.3 Å². The van der Waals surface area contributed by atoms with Gasteiger partial charge in [-0.25, -0.2) is 9.78 Å². The van der Waals surface area contributed by atoms with Crippen molar-refractivity contribution in [2.45, 2.75) is 51.2 Å². The zero-order chi connectivity index (χ0) is 14.1. The van der Waals surface area contributed by atoms with E-state index in [0.717, 1.165) is 24.5 Å². The fraction of sp³-hybridized carbons (Fsp3) is 0.714. The van der Waals surface area contributed by atoms with E-state index >= 15 is 0 Å². The minimum atomic E-state index is -0.862. The van der Waals surface area contributed by atoms with Crippen molar-refractivity contribution >= 4 is 22.4 Å². The van der Waals surface area contributed by atoms with Crippen LogP contribution in [0.2, 0.25) is 0 Å². The van der Waals surface area contributed by atoms with Crippen LogP contribution in [0.15, 0.2) is 0 Å². The predicted octanol–water partition coefficient (Wildman–Crippen LogP) is 2.55. The highest BCUT2D eigenvalue weighted by Crippen LogP contribution is 2.35. The fourth-order valence-corrected chi connectivity index (χ4v) is 4.28. The third kappa shape index (κ3) is 2.42. The number of carboxylic acid groups (broad SMARTS) is 1. The van der Waals surface area contributed by atoms with Crippen LogP contribution in [0.1, 0.15) is 48.0 Å². The molecular weight excluding hydrogens is 276 g/mol. The van der Waals surface area contributed by atoms with Gasteiger partial charge in [-0.15, -0.1) is 0 Å². The molecule has 3 rings (SSSR count). The van der Waals surface area contributed by atoms with Crippen molar-refractivity contribution in [2.24, 2.45) is 0 Å². The highest BCUT2D eigenvalue weighted by Gasteiger charge is 2.36. The summed E-state index contributed by atoms with van der Waals surface area (Å²) in [6, 6.07) is 0.370. The SMILES string of the molecule is CCc1nc(N2CCOC3CCCCC32)sc1C(=O)O. The van der Waals surface area contributed by atoms with Crippen molar-refractivity contribution < 1.29 is 14.6 Å². The molecule has 110 valence electrons. The number of aromatic carboxylic acids is 1. The summed E-state index contributed by atoms with van der Waals surface area (Å²) in [7, 11) is 0. The van der Waals surface area contributed by atoms with Gasteiger partial charge >= 0.3 is 5.97 Å². The van der Waals surface area contributed by atoms with Crippen LogP contribution < -0.4 is 4.90 Å². The van der Waals surface area contributed by atoms with Crippen molar-refractivity contribution in [1.82, 2.24) is 4.98 Å². The van der Waals surface area contributed by atoms with Gasteiger partial charge in [0.25, 0.3) is 0 Å². The Morgan fingerprint density at radius 3 is 3.00 bits per heavy atom. The van der Waals surface area contributed by atoms with Crippen molar-refractivity contribution in [3.8, 4) is 0 Å². The number of nitrogens with zero attached hydrogens (tertiary/aromatic N) is 2. The van der Waals surface area contributed by atoms with E-state index in [9.17, 15) is 9.90 Å². The number of anilines is 1. The van der Waals surface area contributed by atoms with Gasteiger partial charge in [0.1, 0.15) is 4.88 Å². The second kappa shape index (κ2) is 5.69. The molecule has 20 heavy (non-hydrogen) atoms. The second-order valence-electron chi connectivity index (χ2n) is 5.39. The highest BCUT2D eigenvalue weighted by molar-refractivity contribution is 7.17. The number of morpholine rings is 1. The van der Waals surface area contributed by atoms with Gasteiger partial charge in [-0.3, -0.25) is 0 Å². The maximum absolute atomic E-state index is 11.3. The third-order valence-corrected chi connectivity index (χ3v) is 5.32. The van der Waals surface area contributed by atoms with E-state index in [1.807, 2.05) is 6.92 Å². The molecule has 0 radical (unpaired) electrons. The molecule has 2 atom stereocenters. The van der Waals surface area contributed by atoms with Crippen molar-refractivity contribution in [3.05, 3.63) is 10.6 Å². The largest absolute Gasteiger partial charge is 0.477 e. The smallest absolute Gasteiger partial charge is 0.347 e. The topological polar surface area (TPSA) is 62.7 Å². The van der Waals surface area contributed by atoms with Crippen LogP contribution in [0.5, 0.6) is 0 Å². The van der Waals surface area contributed by atoms with Gasteiger partial charge in [0.15, 0.2) is 5.13 Å². The monoisotopic (exact) mass is 296 g/mol. The van der Waals surface area contributed by atoms with Gasteiger partial charge in [0, 0.05) is 6.54 Å². The Morgan fingerprint density at radius 1 is 1.50 bits per heavy atom. The Hall–Kier alpha value is -1.14. The Kier molecular flexibility index (Phi) is 3.94. The number of carboxylic acids is 1. The minimum absolute atomic E-state index is 0.291. The first-order chi connectivity index (χ1) is 9.70. The summed E-state index contributed by atoms with van der Waals surface area (Å²) in [6.07, 6.45) is 5.63. The summed E-state index contributed by atoms with van der Waals surface area (Å²) in [5, 5.41) is 10.1. The number of ether oxygens (including phenoxy) is 1. The maximum atomic E-state index is 11.3. The molecule has 1 N–H and O–H groups in total. The summed E-state index contributed by atoms with van der Waals surface area (Å²) in [5.74, 6) is -0.862. The quantitative estimate of drug-likeness (QED) is 0.928. The number of fused-ring (bicyclic) bond motifs is 1. The summed E-state index contributed by atoms with van der Waals surface area (Å²) in [6.45, 7) is 3.48. The average molecular weight is 296 g/mol. The molecule has 1 saturated heterocycles. The first kappa shape index (κ1) is 13.8. The zero-order valence-corrected chi connectivity index (χ0v) is 12.5. The lowest BCUT2D eigenvalue weighted by Gasteiger charge is -2.43. The van der Waals surface area contributed by atoms with Gasteiger partial charge in [-0.2, -0.15) is 0 Å². The molecule has 6 heteroatoms. The van der Waals surface area contributed by atoms with E-state index < -0.39 is 5.97 Å². The summed E-state index contributed by atoms with van der Waals surface area (Å²) >= 11 is 1.31. The van der Waals surface area contributed by atoms with E-state index in [1.54, 1.807) is 0 Å². The third-order valence-electron chi connectivity index (χ3n) is 4.19. The number of aromatic nitrogens is 1. The van der Waals surface area contributed by atoms with Crippen LogP contribution in [0.3, 0.4) is 0 Å². The molecule has 1 aromatic heterocycles. The Balaban J connectivity index is 1.89. The lowest BCUT2D eigenvalue weighted by Crippen LogP contribution is -2.52. The molecule has 0 amide bonds. The van der Waals surface area contributed by atoms with E-state index in [1.165, 1.54) is 24.2 Å². The molecule has 1 aliphatic heterocycles. The average Bonchev–Trinajstić information content (AvgIpc) is 2.91. The predicted molar refractivity (Wildman–Crippen MR) is 77.8 cm³/mol. The van der Waals surface area contributed by atoms with Crippen LogP contribution in [-0.2, 0) is 11.2 Å². The first-order valence-electron chi connectivity index (χ1n) is 7.32. The minimum Gasteiger partial charge on any atom is -0.477 e. The van der Waals surface area contributed by atoms with Crippen LogP contribution in [0.4, 0.5) is 5.13 Å². The Bertz CT molecular complexity index is 501. The highest BCUT2D eigenvalue weighted by atomic mass is 32.1. The molecule has 5 nitrogen and oxygen atoms in total. The fourth-order valence-electron chi connectivity index (χ4n) is 3.20. The Labute approximate surface area is 122 Å².